The van der Waals surface area contributed by atoms with Crippen LogP contribution in [0.5, 0.6) is 0 Å². The number of carbonyl (C=O) groups is 1. The Kier molecular flexibility index (Phi) is 3.82. The standard InChI is InChI=1S/C17H19N3O3/c1-17(2,3)15-20-13-9-11(6-7-14(13)23-15)19-16(21)18-10-12-5-4-8-22-12/h4-9H,10H2,1-3H3,(H2,18,19,21). The van der Waals surface area contributed by atoms with Crippen molar-refractivity contribution in [2.45, 2.75) is 32.7 Å². The van der Waals surface area contributed by atoms with Gasteiger partial charge in [0.05, 0.1) is 12.8 Å². The minimum Gasteiger partial charge on any atom is -0.467 e. The third-order valence-corrected chi connectivity index (χ3v) is 3.29. The SMILES string of the molecule is CC(C)(C)c1nc2cc(NC(=O)NCc3ccco3)ccc2o1. The number of urea groups is 1. The second-order valence-electron chi connectivity index (χ2n) is 6.34. The summed E-state index contributed by atoms with van der Waals surface area (Å²) in [7, 11) is 0. The number of benzene rings is 1. The Hall–Kier alpha value is -2.76. The number of anilines is 1. The molecule has 3 rings (SSSR count). The van der Waals surface area contributed by atoms with Gasteiger partial charge in [0.2, 0.25) is 5.89 Å². The Bertz CT molecular complexity index is 813. The van der Waals surface area contributed by atoms with Gasteiger partial charge in [-0.25, -0.2) is 9.78 Å². The van der Waals surface area contributed by atoms with Gasteiger partial charge in [-0.15, -0.1) is 0 Å². The lowest BCUT2D eigenvalue weighted by atomic mass is 9.97. The lowest BCUT2D eigenvalue weighted by Gasteiger charge is -2.11. The summed E-state index contributed by atoms with van der Waals surface area (Å²) in [6.07, 6.45) is 1.57. The number of furan rings is 1. The molecule has 0 aliphatic carbocycles. The van der Waals surface area contributed by atoms with E-state index in [4.69, 9.17) is 8.83 Å². The highest BCUT2D eigenvalue weighted by Crippen LogP contribution is 2.27. The zero-order valence-corrected chi connectivity index (χ0v) is 13.3. The summed E-state index contributed by atoms with van der Waals surface area (Å²) < 4.78 is 10.9. The fraction of sp³-hybridized carbons (Fsp3) is 0.294. The Morgan fingerprint density at radius 2 is 2.09 bits per heavy atom. The number of hydrogen-bond acceptors (Lipinski definition) is 4. The van der Waals surface area contributed by atoms with Crippen molar-refractivity contribution in [3.63, 3.8) is 0 Å². The molecular weight excluding hydrogens is 294 g/mol. The Morgan fingerprint density at radius 1 is 1.26 bits per heavy atom. The van der Waals surface area contributed by atoms with Crippen molar-refractivity contribution in [2.75, 3.05) is 5.32 Å². The molecule has 2 N–H and O–H groups in total. The number of hydrogen-bond donors (Lipinski definition) is 2. The molecule has 0 saturated carbocycles. The number of rotatable bonds is 3. The number of nitrogens with one attached hydrogen (secondary N) is 2. The Morgan fingerprint density at radius 3 is 2.78 bits per heavy atom. The molecule has 3 aromatic rings. The predicted molar refractivity (Wildman–Crippen MR) is 87.3 cm³/mol. The monoisotopic (exact) mass is 313 g/mol. The summed E-state index contributed by atoms with van der Waals surface area (Å²) in [4.78, 5) is 16.4. The highest BCUT2D eigenvalue weighted by atomic mass is 16.3. The maximum Gasteiger partial charge on any atom is 0.319 e. The maximum atomic E-state index is 11.9. The second kappa shape index (κ2) is 5.79. The maximum absolute atomic E-state index is 11.9. The molecule has 6 heteroatoms. The number of amides is 2. The molecule has 0 unspecified atom stereocenters. The van der Waals surface area contributed by atoms with Crippen molar-refractivity contribution < 1.29 is 13.6 Å². The van der Waals surface area contributed by atoms with Gasteiger partial charge in [0.25, 0.3) is 0 Å². The van der Waals surface area contributed by atoms with E-state index in [1.165, 1.54) is 0 Å². The zero-order valence-electron chi connectivity index (χ0n) is 13.3. The van der Waals surface area contributed by atoms with Crippen molar-refractivity contribution >= 4 is 22.8 Å². The van der Waals surface area contributed by atoms with Gasteiger partial charge in [-0.2, -0.15) is 0 Å². The molecule has 1 aromatic carbocycles. The van der Waals surface area contributed by atoms with Gasteiger partial charge in [0.1, 0.15) is 11.3 Å². The smallest absolute Gasteiger partial charge is 0.319 e. The molecular formula is C17H19N3O3. The van der Waals surface area contributed by atoms with Crippen LogP contribution in [0.1, 0.15) is 32.4 Å². The molecule has 0 aliphatic heterocycles. The van der Waals surface area contributed by atoms with E-state index in [0.717, 1.165) is 5.52 Å². The number of aromatic nitrogens is 1. The third-order valence-electron chi connectivity index (χ3n) is 3.29. The topological polar surface area (TPSA) is 80.3 Å². The average molecular weight is 313 g/mol. The highest BCUT2D eigenvalue weighted by Gasteiger charge is 2.21. The van der Waals surface area contributed by atoms with Gasteiger partial charge < -0.3 is 19.5 Å². The van der Waals surface area contributed by atoms with Crippen molar-refractivity contribution in [1.29, 1.82) is 0 Å². The van der Waals surface area contributed by atoms with Crippen molar-refractivity contribution in [2.24, 2.45) is 0 Å². The molecule has 2 heterocycles. The molecule has 0 aliphatic rings. The van der Waals surface area contributed by atoms with Crippen molar-refractivity contribution in [1.82, 2.24) is 10.3 Å². The Balaban J connectivity index is 1.69. The van der Waals surface area contributed by atoms with Crippen LogP contribution in [-0.4, -0.2) is 11.0 Å². The van der Waals surface area contributed by atoms with Crippen molar-refractivity contribution in [3.05, 3.63) is 48.2 Å². The Labute approximate surface area is 133 Å². The molecule has 0 radical (unpaired) electrons. The largest absolute Gasteiger partial charge is 0.467 e. The molecule has 0 bridgehead atoms. The minimum absolute atomic E-state index is 0.160. The molecule has 0 fully saturated rings. The van der Waals surface area contributed by atoms with Crippen LogP contribution in [0.4, 0.5) is 10.5 Å². The van der Waals surface area contributed by atoms with Crippen LogP contribution in [0.3, 0.4) is 0 Å². The van der Waals surface area contributed by atoms with Crippen LogP contribution in [0.2, 0.25) is 0 Å². The summed E-state index contributed by atoms with van der Waals surface area (Å²) in [6.45, 7) is 6.45. The van der Waals surface area contributed by atoms with Gasteiger partial charge in [0.15, 0.2) is 5.58 Å². The zero-order chi connectivity index (χ0) is 16.4. The lowest BCUT2D eigenvalue weighted by molar-refractivity contribution is 0.251. The van der Waals surface area contributed by atoms with E-state index in [2.05, 4.69) is 15.6 Å². The first-order valence-electron chi connectivity index (χ1n) is 7.40. The number of fused-ring (bicyclic) bond motifs is 1. The summed E-state index contributed by atoms with van der Waals surface area (Å²) in [6, 6.07) is 8.66. The predicted octanol–water partition coefficient (Wildman–Crippen LogP) is 4.04. The van der Waals surface area contributed by atoms with Crippen LogP contribution < -0.4 is 10.6 Å². The summed E-state index contributed by atoms with van der Waals surface area (Å²) in [5.41, 5.74) is 1.92. The first kappa shape index (κ1) is 15.1. The molecule has 6 nitrogen and oxygen atoms in total. The number of carbonyl (C=O) groups excluding carboxylic acids is 1. The van der Waals surface area contributed by atoms with Crippen LogP contribution in [0, 0.1) is 0 Å². The molecule has 2 amide bonds. The van der Waals surface area contributed by atoms with Crippen molar-refractivity contribution in [3.8, 4) is 0 Å². The van der Waals surface area contributed by atoms with E-state index in [-0.39, 0.29) is 11.4 Å². The normalized spacial score (nSPS) is 11.6. The van der Waals surface area contributed by atoms with Gasteiger partial charge in [-0.05, 0) is 30.3 Å². The van der Waals surface area contributed by atoms with Crippen LogP contribution >= 0.6 is 0 Å². The third kappa shape index (κ3) is 3.53. The van der Waals surface area contributed by atoms with E-state index >= 15 is 0 Å². The van der Waals surface area contributed by atoms with Gasteiger partial charge >= 0.3 is 6.03 Å². The quantitative estimate of drug-likeness (QED) is 0.764. The molecule has 120 valence electrons. The van der Waals surface area contributed by atoms with Crippen LogP contribution in [0.15, 0.2) is 45.4 Å². The van der Waals surface area contributed by atoms with E-state index in [9.17, 15) is 4.79 Å². The molecule has 23 heavy (non-hydrogen) atoms. The van der Waals surface area contributed by atoms with Gasteiger partial charge in [0, 0.05) is 11.1 Å². The molecule has 0 spiro atoms. The fourth-order valence-electron chi connectivity index (χ4n) is 2.08. The highest BCUT2D eigenvalue weighted by molar-refractivity contribution is 5.91. The molecule has 2 aromatic heterocycles. The van der Waals surface area contributed by atoms with Gasteiger partial charge in [-0.3, -0.25) is 0 Å². The van der Waals surface area contributed by atoms with Crippen LogP contribution in [0.25, 0.3) is 11.1 Å². The molecule has 0 atom stereocenters. The number of oxazole rings is 1. The first-order valence-corrected chi connectivity index (χ1v) is 7.40. The van der Waals surface area contributed by atoms with E-state index in [1.54, 1.807) is 36.6 Å². The lowest BCUT2D eigenvalue weighted by Crippen LogP contribution is -2.27. The summed E-state index contributed by atoms with van der Waals surface area (Å²) >= 11 is 0. The second-order valence-corrected chi connectivity index (χ2v) is 6.34. The number of nitrogens with zero attached hydrogens (tertiary/aromatic N) is 1. The van der Waals surface area contributed by atoms with E-state index in [1.807, 2.05) is 20.8 Å². The first-order chi connectivity index (χ1) is 10.9. The summed E-state index contributed by atoms with van der Waals surface area (Å²) in [5.74, 6) is 1.37. The van der Waals surface area contributed by atoms with E-state index < -0.39 is 0 Å². The molecule has 0 saturated heterocycles. The average Bonchev–Trinajstić information content (AvgIpc) is 3.13. The minimum atomic E-state index is -0.305. The van der Waals surface area contributed by atoms with Gasteiger partial charge in [-0.1, -0.05) is 20.8 Å². The summed E-state index contributed by atoms with van der Waals surface area (Å²) in [5, 5.41) is 5.49. The van der Waals surface area contributed by atoms with E-state index in [0.29, 0.717) is 29.5 Å². The fourth-order valence-corrected chi connectivity index (χ4v) is 2.08. The van der Waals surface area contributed by atoms with Crippen LogP contribution in [-0.2, 0) is 12.0 Å².